The molecule has 0 unspecified atom stereocenters. The monoisotopic (exact) mass is 240 g/mol. The summed E-state index contributed by atoms with van der Waals surface area (Å²) in [6, 6.07) is -0.339. The van der Waals surface area contributed by atoms with E-state index in [9.17, 15) is 9.59 Å². The molecule has 4 heteroatoms. The van der Waals surface area contributed by atoms with Crippen molar-refractivity contribution in [1.29, 1.82) is 0 Å². The van der Waals surface area contributed by atoms with Crippen LogP contribution in [0.3, 0.4) is 0 Å². The molecule has 0 aromatic rings. The Morgan fingerprint density at radius 2 is 1.88 bits per heavy atom. The Labute approximate surface area is 104 Å². The average molecular weight is 240 g/mol. The van der Waals surface area contributed by atoms with Crippen molar-refractivity contribution >= 4 is 11.7 Å². The number of amides is 1. The van der Waals surface area contributed by atoms with E-state index in [0.717, 1.165) is 6.42 Å². The largest absolute Gasteiger partial charge is 0.350 e. The molecule has 17 heavy (non-hydrogen) atoms. The van der Waals surface area contributed by atoms with Crippen molar-refractivity contribution in [2.45, 2.75) is 58.5 Å². The van der Waals surface area contributed by atoms with E-state index in [-0.39, 0.29) is 17.4 Å². The van der Waals surface area contributed by atoms with Crippen LogP contribution in [0.25, 0.3) is 0 Å². The average Bonchev–Trinajstić information content (AvgIpc) is 2.98. The molecule has 1 saturated carbocycles. The summed E-state index contributed by atoms with van der Waals surface area (Å²) in [5.74, 6) is -0.170. The van der Waals surface area contributed by atoms with Gasteiger partial charge in [0.25, 0.3) is 5.91 Å². The number of carbonyl (C=O) groups excluding carboxylic acids is 2. The summed E-state index contributed by atoms with van der Waals surface area (Å²) in [6.07, 6.45) is 3.16. The number of rotatable bonds is 6. The number of ketones is 1. The van der Waals surface area contributed by atoms with Crippen LogP contribution in [0.2, 0.25) is 0 Å². The number of nitrogens with one attached hydrogen (secondary N) is 2. The summed E-state index contributed by atoms with van der Waals surface area (Å²) in [5.41, 5.74) is -0.151. The molecule has 1 atom stereocenters. The molecule has 0 spiro atoms. The van der Waals surface area contributed by atoms with Gasteiger partial charge >= 0.3 is 0 Å². The predicted molar refractivity (Wildman–Crippen MR) is 67.7 cm³/mol. The van der Waals surface area contributed by atoms with Gasteiger partial charge in [0, 0.05) is 12.1 Å². The molecular weight excluding hydrogens is 216 g/mol. The Bertz CT molecular complexity index is 290. The van der Waals surface area contributed by atoms with Crippen LogP contribution in [0.5, 0.6) is 0 Å². The summed E-state index contributed by atoms with van der Waals surface area (Å²) < 4.78 is 0. The van der Waals surface area contributed by atoms with Crippen LogP contribution in [0.1, 0.15) is 47.0 Å². The lowest BCUT2D eigenvalue weighted by molar-refractivity contribution is -0.139. The second-order valence-corrected chi connectivity index (χ2v) is 5.85. The van der Waals surface area contributed by atoms with Gasteiger partial charge in [-0.1, -0.05) is 12.8 Å². The van der Waals surface area contributed by atoms with Crippen molar-refractivity contribution in [3.8, 4) is 0 Å². The standard InChI is InChI=1S/C13H24N2O2/c1-5-14-12(17)11(16)10(8-9-6-7-9)15-13(2,3)4/h9-10,15H,5-8H2,1-4H3,(H,14,17)/t10-/m0/s1. The predicted octanol–water partition coefficient (Wildman–Crippen LogP) is 1.25. The van der Waals surface area contributed by atoms with Gasteiger partial charge in [0.15, 0.2) is 0 Å². The van der Waals surface area contributed by atoms with E-state index in [2.05, 4.69) is 10.6 Å². The van der Waals surface area contributed by atoms with E-state index in [1.54, 1.807) is 0 Å². The van der Waals surface area contributed by atoms with Gasteiger partial charge in [-0.3, -0.25) is 9.59 Å². The van der Waals surface area contributed by atoms with Gasteiger partial charge < -0.3 is 10.6 Å². The van der Waals surface area contributed by atoms with Crippen LogP contribution in [0.15, 0.2) is 0 Å². The van der Waals surface area contributed by atoms with Gasteiger partial charge in [0.2, 0.25) is 5.78 Å². The second kappa shape index (κ2) is 5.63. The maximum atomic E-state index is 12.0. The zero-order valence-electron chi connectivity index (χ0n) is 11.3. The minimum Gasteiger partial charge on any atom is -0.350 e. The van der Waals surface area contributed by atoms with Crippen molar-refractivity contribution in [2.75, 3.05) is 6.54 Å². The Balaban J connectivity index is 2.60. The second-order valence-electron chi connectivity index (χ2n) is 5.85. The third-order valence-electron chi connectivity index (χ3n) is 2.75. The van der Waals surface area contributed by atoms with Crippen molar-refractivity contribution in [2.24, 2.45) is 5.92 Å². The highest BCUT2D eigenvalue weighted by atomic mass is 16.2. The van der Waals surface area contributed by atoms with Gasteiger partial charge in [-0.2, -0.15) is 0 Å². The van der Waals surface area contributed by atoms with Crippen LogP contribution in [-0.2, 0) is 9.59 Å². The first-order chi connectivity index (χ1) is 7.83. The minimum atomic E-state index is -0.463. The first-order valence-corrected chi connectivity index (χ1v) is 6.43. The molecular formula is C13H24N2O2. The van der Waals surface area contributed by atoms with E-state index in [0.29, 0.717) is 12.5 Å². The molecule has 1 rings (SSSR count). The van der Waals surface area contributed by atoms with Crippen molar-refractivity contribution in [3.63, 3.8) is 0 Å². The van der Waals surface area contributed by atoms with Crippen molar-refractivity contribution < 1.29 is 9.59 Å². The van der Waals surface area contributed by atoms with E-state index in [1.807, 2.05) is 27.7 Å². The highest BCUT2D eigenvalue weighted by Gasteiger charge is 2.33. The maximum Gasteiger partial charge on any atom is 0.289 e. The van der Waals surface area contributed by atoms with Gasteiger partial charge in [-0.05, 0) is 40.0 Å². The van der Waals surface area contributed by atoms with E-state index in [1.165, 1.54) is 12.8 Å². The molecule has 1 aliphatic carbocycles. The Morgan fingerprint density at radius 1 is 1.29 bits per heavy atom. The van der Waals surface area contributed by atoms with Gasteiger partial charge in [-0.15, -0.1) is 0 Å². The zero-order valence-corrected chi connectivity index (χ0v) is 11.3. The van der Waals surface area contributed by atoms with Gasteiger partial charge in [0.05, 0.1) is 6.04 Å². The smallest absolute Gasteiger partial charge is 0.289 e. The molecule has 4 nitrogen and oxygen atoms in total. The normalized spacial score (nSPS) is 17.6. The van der Waals surface area contributed by atoms with Crippen LogP contribution in [0, 0.1) is 5.92 Å². The summed E-state index contributed by atoms with van der Waals surface area (Å²) in [7, 11) is 0. The first-order valence-electron chi connectivity index (χ1n) is 6.43. The molecule has 2 N–H and O–H groups in total. The quantitative estimate of drug-likeness (QED) is 0.687. The van der Waals surface area contributed by atoms with Gasteiger partial charge in [-0.25, -0.2) is 0 Å². The van der Waals surface area contributed by atoms with Crippen LogP contribution in [-0.4, -0.2) is 29.8 Å². The number of carbonyl (C=O) groups is 2. The molecule has 0 radical (unpaired) electrons. The molecule has 1 aliphatic rings. The Morgan fingerprint density at radius 3 is 2.29 bits per heavy atom. The van der Waals surface area contributed by atoms with Crippen LogP contribution < -0.4 is 10.6 Å². The molecule has 0 saturated heterocycles. The topological polar surface area (TPSA) is 58.2 Å². The summed E-state index contributed by atoms with van der Waals surface area (Å²) >= 11 is 0. The van der Waals surface area contributed by atoms with Crippen LogP contribution >= 0.6 is 0 Å². The highest BCUT2D eigenvalue weighted by Crippen LogP contribution is 2.34. The number of hydrogen-bond donors (Lipinski definition) is 2. The fourth-order valence-corrected chi connectivity index (χ4v) is 1.85. The third-order valence-corrected chi connectivity index (χ3v) is 2.75. The molecule has 0 bridgehead atoms. The fraction of sp³-hybridized carbons (Fsp3) is 0.846. The zero-order chi connectivity index (χ0) is 13.1. The molecule has 0 aromatic heterocycles. The SMILES string of the molecule is CCNC(=O)C(=O)[C@H](CC1CC1)NC(C)(C)C. The molecule has 0 aromatic carbocycles. The van der Waals surface area contributed by atoms with Crippen molar-refractivity contribution in [1.82, 2.24) is 10.6 Å². The minimum absolute atomic E-state index is 0.151. The molecule has 0 heterocycles. The third kappa shape index (κ3) is 5.31. The van der Waals surface area contributed by atoms with E-state index >= 15 is 0 Å². The van der Waals surface area contributed by atoms with Crippen LogP contribution in [0.4, 0.5) is 0 Å². The molecule has 0 aliphatic heterocycles. The number of Topliss-reactive ketones (excluding diaryl/α,β-unsaturated/α-hetero) is 1. The summed E-state index contributed by atoms with van der Waals surface area (Å²) in [5, 5.41) is 5.83. The summed E-state index contributed by atoms with van der Waals surface area (Å²) in [6.45, 7) is 8.35. The lowest BCUT2D eigenvalue weighted by Crippen LogP contribution is -2.52. The van der Waals surface area contributed by atoms with E-state index < -0.39 is 5.91 Å². The summed E-state index contributed by atoms with van der Waals surface area (Å²) in [4.78, 5) is 23.6. The lowest BCUT2D eigenvalue weighted by atomic mass is 10.00. The number of hydrogen-bond acceptors (Lipinski definition) is 3. The first kappa shape index (κ1) is 14.2. The number of likely N-dealkylation sites (N-methyl/N-ethyl adjacent to an activating group) is 1. The highest BCUT2D eigenvalue weighted by molar-refractivity contribution is 6.38. The maximum absolute atomic E-state index is 12.0. The molecule has 98 valence electrons. The molecule has 1 amide bonds. The van der Waals surface area contributed by atoms with Gasteiger partial charge in [0.1, 0.15) is 0 Å². The lowest BCUT2D eigenvalue weighted by Gasteiger charge is -2.27. The Kier molecular flexibility index (Phi) is 4.69. The Hall–Kier alpha value is -0.900. The molecule has 1 fully saturated rings. The van der Waals surface area contributed by atoms with E-state index in [4.69, 9.17) is 0 Å². The fourth-order valence-electron chi connectivity index (χ4n) is 1.85. The van der Waals surface area contributed by atoms with Crippen molar-refractivity contribution in [3.05, 3.63) is 0 Å².